The highest BCUT2D eigenvalue weighted by atomic mass is 16.4. The minimum atomic E-state index is -0.871. The first kappa shape index (κ1) is 18.5. The van der Waals surface area contributed by atoms with E-state index in [0.29, 0.717) is 26.1 Å². The average molecular weight is 380 g/mol. The number of hydrogen-bond acceptors (Lipinski definition) is 3. The van der Waals surface area contributed by atoms with Gasteiger partial charge in [-0.2, -0.15) is 0 Å². The van der Waals surface area contributed by atoms with E-state index < -0.39 is 5.97 Å². The third-order valence-corrected chi connectivity index (χ3v) is 5.81. The normalized spacial score (nSPS) is 20.5. The second kappa shape index (κ2) is 7.62. The van der Waals surface area contributed by atoms with Crippen LogP contribution >= 0.6 is 0 Å². The molecule has 1 aromatic carbocycles. The van der Waals surface area contributed by atoms with Crippen molar-refractivity contribution in [1.29, 1.82) is 0 Å². The lowest BCUT2D eigenvalue weighted by atomic mass is 9.80. The van der Waals surface area contributed by atoms with E-state index in [0.717, 1.165) is 23.2 Å². The average Bonchev–Trinajstić information content (AvgIpc) is 2.69. The standard InChI is InChI=1S/C22H24N2O4/c25-19(7-4-8-21(27)28)23-12-15-11-17(14-23)22-18(16-5-2-1-3-6-16)9-10-20(26)24(22)13-15/h1-3,5-6,9-10,15,17H,4,7-8,11-14H2,(H,27,28)/t15-,17+/m0/s1. The Morgan fingerprint density at radius 1 is 1.00 bits per heavy atom. The van der Waals surface area contributed by atoms with Crippen LogP contribution in [0.15, 0.2) is 47.3 Å². The Bertz CT molecular complexity index is 951. The van der Waals surface area contributed by atoms with Gasteiger partial charge in [0, 0.05) is 55.7 Å². The van der Waals surface area contributed by atoms with E-state index >= 15 is 0 Å². The fourth-order valence-electron chi connectivity index (χ4n) is 4.63. The number of fused-ring (bicyclic) bond motifs is 4. The molecule has 2 aliphatic heterocycles. The number of benzene rings is 1. The van der Waals surface area contributed by atoms with Crippen LogP contribution in [0, 0.1) is 5.92 Å². The van der Waals surface area contributed by atoms with Crippen molar-refractivity contribution in [2.75, 3.05) is 13.1 Å². The number of aliphatic carboxylic acids is 1. The van der Waals surface area contributed by atoms with Crippen molar-refractivity contribution >= 4 is 11.9 Å². The zero-order valence-corrected chi connectivity index (χ0v) is 15.7. The van der Waals surface area contributed by atoms with Crippen LogP contribution < -0.4 is 5.56 Å². The van der Waals surface area contributed by atoms with Gasteiger partial charge in [-0.25, -0.2) is 0 Å². The molecule has 4 rings (SSSR count). The number of nitrogens with zero attached hydrogens (tertiary/aromatic N) is 2. The summed E-state index contributed by atoms with van der Waals surface area (Å²) in [5, 5.41) is 8.78. The molecule has 2 aromatic rings. The molecule has 146 valence electrons. The number of pyridine rings is 1. The van der Waals surface area contributed by atoms with Crippen LogP contribution in [0.25, 0.3) is 11.1 Å². The zero-order valence-electron chi connectivity index (χ0n) is 15.7. The quantitative estimate of drug-likeness (QED) is 0.865. The number of carbonyl (C=O) groups is 2. The van der Waals surface area contributed by atoms with E-state index in [2.05, 4.69) is 0 Å². The Labute approximate surface area is 163 Å². The van der Waals surface area contributed by atoms with Gasteiger partial charge in [0.15, 0.2) is 0 Å². The lowest BCUT2D eigenvalue weighted by Gasteiger charge is -2.43. The summed E-state index contributed by atoms with van der Waals surface area (Å²) >= 11 is 0. The first-order chi connectivity index (χ1) is 13.5. The van der Waals surface area contributed by atoms with Gasteiger partial charge in [0.25, 0.3) is 5.56 Å². The third-order valence-electron chi connectivity index (χ3n) is 5.81. The monoisotopic (exact) mass is 380 g/mol. The maximum absolute atomic E-state index is 12.6. The first-order valence-corrected chi connectivity index (χ1v) is 9.81. The molecule has 6 heteroatoms. The van der Waals surface area contributed by atoms with Crippen LogP contribution in [0.1, 0.15) is 37.3 Å². The number of carbonyl (C=O) groups excluding carboxylic acids is 1. The maximum Gasteiger partial charge on any atom is 0.303 e. The number of carboxylic acid groups (broad SMARTS) is 1. The topological polar surface area (TPSA) is 79.6 Å². The van der Waals surface area contributed by atoms with E-state index in [1.165, 1.54) is 0 Å². The minimum absolute atomic E-state index is 0.0167. The highest BCUT2D eigenvalue weighted by molar-refractivity contribution is 5.77. The van der Waals surface area contributed by atoms with E-state index in [1.807, 2.05) is 45.9 Å². The molecule has 0 aliphatic carbocycles. The summed E-state index contributed by atoms with van der Waals surface area (Å²) in [4.78, 5) is 37.7. The van der Waals surface area contributed by atoms with Crippen LogP contribution in [-0.4, -0.2) is 39.5 Å². The highest BCUT2D eigenvalue weighted by Crippen LogP contribution is 2.39. The zero-order chi connectivity index (χ0) is 19.7. The van der Waals surface area contributed by atoms with Crippen molar-refractivity contribution in [2.45, 2.75) is 38.1 Å². The van der Waals surface area contributed by atoms with Gasteiger partial charge in [0.1, 0.15) is 0 Å². The predicted molar refractivity (Wildman–Crippen MR) is 105 cm³/mol. The van der Waals surface area contributed by atoms with Crippen LogP contribution in [0.5, 0.6) is 0 Å². The summed E-state index contributed by atoms with van der Waals surface area (Å²) in [5.74, 6) is -0.466. The van der Waals surface area contributed by atoms with Gasteiger partial charge in [0.05, 0.1) is 0 Å². The molecule has 2 bridgehead atoms. The molecular formula is C22H24N2O4. The molecule has 6 nitrogen and oxygen atoms in total. The Kier molecular flexibility index (Phi) is 5.03. The van der Waals surface area contributed by atoms with E-state index in [4.69, 9.17) is 5.11 Å². The molecule has 3 heterocycles. The van der Waals surface area contributed by atoms with Gasteiger partial charge >= 0.3 is 5.97 Å². The summed E-state index contributed by atoms with van der Waals surface area (Å²) in [7, 11) is 0. The molecule has 1 saturated heterocycles. The van der Waals surface area contributed by atoms with Crippen molar-refractivity contribution in [3.63, 3.8) is 0 Å². The molecule has 1 fully saturated rings. The fourth-order valence-corrected chi connectivity index (χ4v) is 4.63. The Hall–Kier alpha value is -2.89. The number of piperidine rings is 1. The molecular weight excluding hydrogens is 356 g/mol. The molecule has 0 saturated carbocycles. The number of carboxylic acids is 1. The predicted octanol–water partition coefficient (Wildman–Crippen LogP) is 2.72. The lowest BCUT2D eigenvalue weighted by Crippen LogP contribution is -2.49. The number of likely N-dealkylation sites (tertiary alicyclic amines) is 1. The van der Waals surface area contributed by atoms with Crippen molar-refractivity contribution in [3.05, 3.63) is 58.5 Å². The Balaban J connectivity index is 1.62. The second-order valence-electron chi connectivity index (χ2n) is 7.79. The number of aromatic nitrogens is 1. The molecule has 0 spiro atoms. The molecule has 2 aliphatic rings. The molecule has 0 unspecified atom stereocenters. The van der Waals surface area contributed by atoms with E-state index in [-0.39, 0.29) is 36.1 Å². The van der Waals surface area contributed by atoms with E-state index in [1.54, 1.807) is 6.07 Å². The largest absolute Gasteiger partial charge is 0.481 e. The summed E-state index contributed by atoms with van der Waals surface area (Å²) in [6, 6.07) is 13.6. The second-order valence-corrected chi connectivity index (χ2v) is 7.79. The summed E-state index contributed by atoms with van der Waals surface area (Å²) < 4.78 is 1.90. The first-order valence-electron chi connectivity index (χ1n) is 9.81. The fraction of sp³-hybridized carbons (Fsp3) is 0.409. The van der Waals surface area contributed by atoms with Crippen molar-refractivity contribution in [1.82, 2.24) is 9.47 Å². The van der Waals surface area contributed by atoms with Crippen LogP contribution in [-0.2, 0) is 16.1 Å². The van der Waals surface area contributed by atoms with Crippen molar-refractivity contribution < 1.29 is 14.7 Å². The third kappa shape index (κ3) is 3.59. The summed E-state index contributed by atoms with van der Waals surface area (Å²) in [6.45, 7) is 1.86. The Morgan fingerprint density at radius 2 is 1.79 bits per heavy atom. The molecule has 2 atom stereocenters. The van der Waals surface area contributed by atoms with Crippen LogP contribution in [0.4, 0.5) is 0 Å². The van der Waals surface area contributed by atoms with Crippen molar-refractivity contribution in [2.24, 2.45) is 5.92 Å². The molecule has 1 amide bonds. The lowest BCUT2D eigenvalue weighted by molar-refractivity contribution is -0.137. The van der Waals surface area contributed by atoms with Gasteiger partial charge in [-0.1, -0.05) is 30.3 Å². The van der Waals surface area contributed by atoms with E-state index in [9.17, 15) is 14.4 Å². The van der Waals surface area contributed by atoms with Gasteiger partial charge in [-0.15, -0.1) is 0 Å². The van der Waals surface area contributed by atoms with Gasteiger partial charge in [0.2, 0.25) is 5.91 Å². The van der Waals surface area contributed by atoms with Crippen molar-refractivity contribution in [3.8, 4) is 11.1 Å². The van der Waals surface area contributed by atoms with Gasteiger partial charge in [-0.05, 0) is 30.4 Å². The van der Waals surface area contributed by atoms with Gasteiger partial charge in [-0.3, -0.25) is 14.4 Å². The minimum Gasteiger partial charge on any atom is -0.481 e. The summed E-state index contributed by atoms with van der Waals surface area (Å²) in [6.07, 6.45) is 1.62. The number of amides is 1. The number of hydrogen-bond donors (Lipinski definition) is 1. The van der Waals surface area contributed by atoms with Crippen LogP contribution in [0.3, 0.4) is 0 Å². The highest BCUT2D eigenvalue weighted by Gasteiger charge is 2.37. The molecule has 1 N–H and O–H groups in total. The molecule has 0 radical (unpaired) electrons. The maximum atomic E-state index is 12.6. The molecule has 1 aromatic heterocycles. The Morgan fingerprint density at radius 3 is 2.54 bits per heavy atom. The SMILES string of the molecule is O=C(O)CCCC(=O)N1C[C@@H]2C[C@H](C1)c1c(-c3ccccc3)ccc(=O)n1C2. The number of rotatable bonds is 5. The summed E-state index contributed by atoms with van der Waals surface area (Å²) in [5.41, 5.74) is 3.18. The molecule has 28 heavy (non-hydrogen) atoms. The van der Waals surface area contributed by atoms with Gasteiger partial charge < -0.3 is 14.6 Å². The smallest absolute Gasteiger partial charge is 0.303 e. The van der Waals surface area contributed by atoms with Crippen LogP contribution in [0.2, 0.25) is 0 Å².